The molecule has 5 heterocycles. The lowest BCUT2D eigenvalue weighted by Crippen LogP contribution is -2.59. The van der Waals surface area contributed by atoms with E-state index in [9.17, 15) is 19.5 Å². The van der Waals surface area contributed by atoms with Gasteiger partial charge in [0.2, 0.25) is 17.7 Å². The number of hydrogen-bond donors (Lipinski definition) is 4. The number of nitrogen functional groups attached to an aromatic ring is 1. The van der Waals surface area contributed by atoms with Gasteiger partial charge in [-0.3, -0.25) is 19.3 Å². The molecule has 17 heteroatoms. The second-order valence-electron chi connectivity index (χ2n) is 17.7. The predicted molar refractivity (Wildman–Crippen MR) is 243 cm³/mol. The zero-order chi connectivity index (χ0) is 45.3. The van der Waals surface area contributed by atoms with Crippen molar-refractivity contribution in [1.82, 2.24) is 45.2 Å². The molecule has 2 aliphatic rings. The number of para-hydroxylation sites is 1. The average Bonchev–Trinajstić information content (AvgIpc) is 4.00. The normalized spacial score (nSPS) is 20.2. The molecule has 334 valence electrons. The quantitative estimate of drug-likeness (QED) is 0.109. The number of carbonyl (C=O) groups is 3. The van der Waals surface area contributed by atoms with Crippen molar-refractivity contribution in [2.75, 3.05) is 31.9 Å². The van der Waals surface area contributed by atoms with Crippen LogP contribution in [0.2, 0.25) is 0 Å². The van der Waals surface area contributed by atoms with Crippen molar-refractivity contribution in [3.8, 4) is 33.2 Å². The van der Waals surface area contributed by atoms with Gasteiger partial charge in [-0.1, -0.05) is 63.2 Å². The van der Waals surface area contributed by atoms with E-state index in [1.165, 1.54) is 11.2 Å². The lowest BCUT2D eigenvalue weighted by atomic mass is 9.85. The molecule has 64 heavy (non-hydrogen) atoms. The Balaban J connectivity index is 0.904. The number of nitrogens with one attached hydrogen (secondary N) is 2. The monoisotopic (exact) mass is 888 g/mol. The predicted octanol–water partition coefficient (Wildman–Crippen LogP) is 6.25. The number of nitrogens with two attached hydrogens (primary N) is 1. The number of thiazole rings is 1. The van der Waals surface area contributed by atoms with E-state index in [2.05, 4.69) is 25.6 Å². The standard InChI is InChI=1S/C47H53FN10O5S/c1-27(29-11-13-31(14-12-29)41-28(2)52-26-64-41)53-45(61)37-21-32(59)22-57(37)46(62)42(47(3,4)5)54-38(60)24-56-20-19-36(35(48)23-56)58-44-39(43(49)50-25-51-44)40(55-58)30-15-17-34(18-16-30)63-33-9-7-6-8-10-33/h6-18,25-27,32,35-37,42,59H,19-24H2,1-5H3,(H,53,61)(H,54,60)(H2,49,50,51)/t27-,32+,35?,36?,37-,42+/m0/s1. The summed E-state index contributed by atoms with van der Waals surface area (Å²) < 4.78 is 23.8. The van der Waals surface area contributed by atoms with Crippen LogP contribution in [0.25, 0.3) is 32.7 Å². The summed E-state index contributed by atoms with van der Waals surface area (Å²) in [5.41, 5.74) is 11.9. The van der Waals surface area contributed by atoms with Gasteiger partial charge in [0.1, 0.15) is 47.6 Å². The van der Waals surface area contributed by atoms with Crippen LogP contribution >= 0.6 is 11.3 Å². The number of nitrogens with zero attached hydrogens (tertiary/aromatic N) is 7. The van der Waals surface area contributed by atoms with E-state index in [1.54, 1.807) is 20.9 Å². The summed E-state index contributed by atoms with van der Waals surface area (Å²) in [5, 5.41) is 22.0. The summed E-state index contributed by atoms with van der Waals surface area (Å²) in [6, 6.07) is 21.6. The van der Waals surface area contributed by atoms with Gasteiger partial charge in [0.05, 0.1) is 46.2 Å². The first kappa shape index (κ1) is 44.3. The molecular formula is C47H53FN10O5S. The van der Waals surface area contributed by atoms with Crippen LogP contribution in [0, 0.1) is 12.3 Å². The first-order chi connectivity index (χ1) is 30.6. The highest BCUT2D eigenvalue weighted by molar-refractivity contribution is 7.13. The summed E-state index contributed by atoms with van der Waals surface area (Å²) in [6.07, 6.45) is -0.630. The smallest absolute Gasteiger partial charge is 0.246 e. The van der Waals surface area contributed by atoms with E-state index in [1.807, 2.05) is 119 Å². The number of benzene rings is 3. The van der Waals surface area contributed by atoms with Crippen molar-refractivity contribution in [3.63, 3.8) is 0 Å². The van der Waals surface area contributed by atoms with Crippen LogP contribution in [0.1, 0.15) is 63.9 Å². The Morgan fingerprint density at radius 2 is 1.66 bits per heavy atom. The number of ether oxygens (including phenoxy) is 1. The number of anilines is 1. The van der Waals surface area contributed by atoms with Gasteiger partial charge >= 0.3 is 0 Å². The first-order valence-electron chi connectivity index (χ1n) is 21.4. The molecule has 3 aromatic carbocycles. The number of aliphatic hydroxyl groups is 1. The van der Waals surface area contributed by atoms with E-state index in [4.69, 9.17) is 15.6 Å². The number of aryl methyl sites for hydroxylation is 1. The van der Waals surface area contributed by atoms with Gasteiger partial charge in [0, 0.05) is 31.6 Å². The number of β-amino-alcohol motifs (C(OH)–C–C–N with tert-alkyl or cyclic N) is 1. The Hall–Kier alpha value is -6.30. The number of halogens is 1. The minimum Gasteiger partial charge on any atom is -0.457 e. The van der Waals surface area contributed by atoms with E-state index in [0.29, 0.717) is 41.2 Å². The molecule has 15 nitrogen and oxygen atoms in total. The number of amides is 3. The van der Waals surface area contributed by atoms with Gasteiger partial charge < -0.3 is 31.1 Å². The van der Waals surface area contributed by atoms with Crippen molar-refractivity contribution in [2.24, 2.45) is 5.41 Å². The van der Waals surface area contributed by atoms with Gasteiger partial charge in [0.15, 0.2) is 5.65 Å². The molecule has 0 radical (unpaired) electrons. The number of piperidine rings is 1. The topological polar surface area (TPSA) is 194 Å². The van der Waals surface area contributed by atoms with Crippen molar-refractivity contribution >= 4 is 45.9 Å². The Bertz CT molecular complexity index is 2620. The number of hydrogen-bond acceptors (Lipinski definition) is 12. The largest absolute Gasteiger partial charge is 0.457 e. The number of fused-ring (bicyclic) bond motifs is 1. The third kappa shape index (κ3) is 9.46. The molecule has 2 saturated heterocycles. The van der Waals surface area contributed by atoms with E-state index in [0.717, 1.165) is 27.3 Å². The summed E-state index contributed by atoms with van der Waals surface area (Å²) in [4.78, 5) is 58.9. The Morgan fingerprint density at radius 1 is 0.953 bits per heavy atom. The van der Waals surface area contributed by atoms with Gasteiger partial charge in [0.25, 0.3) is 0 Å². The lowest BCUT2D eigenvalue weighted by molar-refractivity contribution is -0.144. The molecule has 6 aromatic rings. The van der Waals surface area contributed by atoms with Crippen LogP contribution < -0.4 is 21.1 Å². The summed E-state index contributed by atoms with van der Waals surface area (Å²) in [7, 11) is 0. The zero-order valence-corrected chi connectivity index (χ0v) is 37.3. The molecule has 3 aromatic heterocycles. The molecule has 5 N–H and O–H groups in total. The van der Waals surface area contributed by atoms with Crippen LogP contribution in [-0.4, -0.2) is 108 Å². The number of aliphatic hydroxyl groups excluding tert-OH is 1. The van der Waals surface area contributed by atoms with Crippen LogP contribution in [-0.2, 0) is 14.4 Å². The van der Waals surface area contributed by atoms with E-state index >= 15 is 4.39 Å². The van der Waals surface area contributed by atoms with Crippen molar-refractivity contribution < 1.29 is 28.6 Å². The van der Waals surface area contributed by atoms with Crippen LogP contribution in [0.4, 0.5) is 10.2 Å². The van der Waals surface area contributed by atoms with Gasteiger partial charge in [-0.25, -0.2) is 24.0 Å². The number of aromatic nitrogens is 5. The van der Waals surface area contributed by atoms with Gasteiger partial charge in [-0.05, 0) is 73.2 Å². The molecule has 8 rings (SSSR count). The first-order valence-corrected chi connectivity index (χ1v) is 22.3. The summed E-state index contributed by atoms with van der Waals surface area (Å²) in [5.74, 6) is 0.225. The number of likely N-dealkylation sites (tertiary alicyclic amines) is 2. The van der Waals surface area contributed by atoms with Gasteiger partial charge in [-0.15, -0.1) is 11.3 Å². The highest BCUT2D eigenvalue weighted by Crippen LogP contribution is 2.36. The van der Waals surface area contributed by atoms with E-state index in [-0.39, 0.29) is 37.9 Å². The zero-order valence-electron chi connectivity index (χ0n) is 36.4. The highest BCUT2D eigenvalue weighted by atomic mass is 32.1. The van der Waals surface area contributed by atoms with Gasteiger partial charge in [-0.2, -0.15) is 5.10 Å². The fourth-order valence-electron chi connectivity index (χ4n) is 8.53. The molecule has 2 fully saturated rings. The van der Waals surface area contributed by atoms with Crippen molar-refractivity contribution in [2.45, 2.75) is 83.9 Å². The number of rotatable bonds is 12. The maximum atomic E-state index is 16.3. The molecule has 0 aliphatic carbocycles. The molecule has 0 bridgehead atoms. The Labute approximate surface area is 374 Å². The molecule has 6 atom stereocenters. The fourth-order valence-corrected chi connectivity index (χ4v) is 9.35. The fraction of sp³-hybridized carbons (Fsp3) is 0.383. The van der Waals surface area contributed by atoms with Crippen molar-refractivity contribution in [3.05, 3.63) is 102 Å². The highest BCUT2D eigenvalue weighted by Gasteiger charge is 2.45. The number of carbonyl (C=O) groups excluding carboxylic acids is 3. The molecular weight excluding hydrogens is 836 g/mol. The Kier molecular flexibility index (Phi) is 12.8. The third-order valence-corrected chi connectivity index (χ3v) is 12.9. The molecule has 3 amide bonds. The summed E-state index contributed by atoms with van der Waals surface area (Å²) in [6.45, 7) is 9.39. The van der Waals surface area contributed by atoms with E-state index < -0.39 is 53.5 Å². The maximum Gasteiger partial charge on any atom is 0.246 e. The van der Waals surface area contributed by atoms with Crippen LogP contribution in [0.5, 0.6) is 11.5 Å². The lowest BCUT2D eigenvalue weighted by Gasteiger charge is -2.37. The maximum absolute atomic E-state index is 16.3. The molecule has 2 aliphatic heterocycles. The molecule has 0 saturated carbocycles. The third-order valence-electron chi connectivity index (χ3n) is 12.0. The summed E-state index contributed by atoms with van der Waals surface area (Å²) >= 11 is 1.57. The average molecular weight is 889 g/mol. The minimum absolute atomic E-state index is 0.0535. The molecule has 2 unspecified atom stereocenters. The van der Waals surface area contributed by atoms with Crippen LogP contribution in [0.3, 0.4) is 0 Å². The minimum atomic E-state index is -1.43. The molecule has 0 spiro atoms. The SMILES string of the molecule is Cc1ncsc1-c1ccc([C@H](C)NC(=O)[C@@H]2C[C@@H](O)CN2C(=O)[C@@H](NC(=O)CN2CCC(n3nc(-c4ccc(Oc5ccccc5)cc4)c4c(N)ncnc43)C(F)C2)C(C)(C)C)cc1. The van der Waals surface area contributed by atoms with Crippen LogP contribution in [0.15, 0.2) is 90.7 Å². The second-order valence-corrected chi connectivity index (χ2v) is 18.5. The Morgan fingerprint density at radius 3 is 2.33 bits per heavy atom. The van der Waals surface area contributed by atoms with Crippen molar-refractivity contribution in [1.29, 1.82) is 0 Å². The second kappa shape index (κ2) is 18.4. The number of alkyl halides is 1.